The number of fused-ring (bicyclic) bond motifs is 1. The molecule has 3 rings (SSSR count). The quantitative estimate of drug-likeness (QED) is 0.721. The fraction of sp³-hybridized carbons (Fsp3) is 0.167. The van der Waals surface area contributed by atoms with Crippen molar-refractivity contribution in [3.05, 3.63) is 46.7 Å². The van der Waals surface area contributed by atoms with Gasteiger partial charge in [-0.2, -0.15) is 5.10 Å². The standard InChI is InChI=1S/C12H11FN4S/c1-16-6-8(5-14-16)7-17-11-4-9(13)2-3-10(11)15-12(17)18/h2-6H,7H2,1H3,(H,15,18). The van der Waals surface area contributed by atoms with Gasteiger partial charge in [0.15, 0.2) is 4.77 Å². The van der Waals surface area contributed by atoms with Crippen molar-refractivity contribution >= 4 is 23.3 Å². The van der Waals surface area contributed by atoms with Gasteiger partial charge in [0.1, 0.15) is 5.82 Å². The average Bonchev–Trinajstić information content (AvgIpc) is 2.86. The van der Waals surface area contributed by atoms with Gasteiger partial charge in [-0.15, -0.1) is 0 Å². The van der Waals surface area contributed by atoms with Crippen LogP contribution in [0.3, 0.4) is 0 Å². The van der Waals surface area contributed by atoms with Crippen LogP contribution in [0.15, 0.2) is 30.6 Å². The van der Waals surface area contributed by atoms with Crippen molar-refractivity contribution in [1.29, 1.82) is 0 Å². The van der Waals surface area contributed by atoms with Crippen molar-refractivity contribution in [3.63, 3.8) is 0 Å². The number of aromatic nitrogens is 4. The maximum Gasteiger partial charge on any atom is 0.178 e. The minimum absolute atomic E-state index is 0.267. The minimum atomic E-state index is -0.267. The molecule has 92 valence electrons. The van der Waals surface area contributed by atoms with E-state index in [0.29, 0.717) is 11.3 Å². The molecule has 0 atom stereocenters. The molecule has 2 heterocycles. The van der Waals surface area contributed by atoms with Gasteiger partial charge in [0.2, 0.25) is 0 Å². The number of hydrogen-bond donors (Lipinski definition) is 1. The van der Waals surface area contributed by atoms with Gasteiger partial charge in [-0.3, -0.25) is 4.68 Å². The van der Waals surface area contributed by atoms with E-state index in [9.17, 15) is 4.39 Å². The number of benzene rings is 1. The van der Waals surface area contributed by atoms with Crippen LogP contribution in [0.2, 0.25) is 0 Å². The van der Waals surface area contributed by atoms with E-state index in [4.69, 9.17) is 12.2 Å². The lowest BCUT2D eigenvalue weighted by atomic mass is 10.3. The first kappa shape index (κ1) is 11.2. The minimum Gasteiger partial charge on any atom is -0.331 e. The number of hydrogen-bond acceptors (Lipinski definition) is 2. The van der Waals surface area contributed by atoms with Crippen LogP contribution >= 0.6 is 12.2 Å². The van der Waals surface area contributed by atoms with Gasteiger partial charge < -0.3 is 9.55 Å². The number of nitrogens with zero attached hydrogens (tertiary/aromatic N) is 3. The zero-order valence-corrected chi connectivity index (χ0v) is 10.5. The number of aromatic amines is 1. The maximum atomic E-state index is 13.3. The Bertz CT molecular complexity index is 768. The summed E-state index contributed by atoms with van der Waals surface area (Å²) in [4.78, 5) is 3.07. The summed E-state index contributed by atoms with van der Waals surface area (Å²) in [6.07, 6.45) is 3.69. The molecule has 0 saturated carbocycles. The molecule has 0 fully saturated rings. The third kappa shape index (κ3) is 1.84. The van der Waals surface area contributed by atoms with Gasteiger partial charge in [0, 0.05) is 18.8 Å². The Hall–Kier alpha value is -1.95. The molecule has 3 aromatic rings. The fourth-order valence-electron chi connectivity index (χ4n) is 2.02. The Kier molecular flexibility index (Phi) is 2.52. The number of imidazole rings is 1. The Morgan fingerprint density at radius 2 is 2.28 bits per heavy atom. The number of aryl methyl sites for hydroxylation is 1. The molecule has 0 saturated heterocycles. The molecule has 18 heavy (non-hydrogen) atoms. The summed E-state index contributed by atoms with van der Waals surface area (Å²) in [7, 11) is 1.86. The highest BCUT2D eigenvalue weighted by Crippen LogP contribution is 2.17. The summed E-state index contributed by atoms with van der Waals surface area (Å²) in [6, 6.07) is 4.60. The smallest absolute Gasteiger partial charge is 0.178 e. The van der Waals surface area contributed by atoms with E-state index in [1.807, 2.05) is 17.8 Å². The van der Waals surface area contributed by atoms with E-state index in [1.54, 1.807) is 16.9 Å². The normalized spacial score (nSPS) is 11.2. The Morgan fingerprint density at radius 1 is 1.44 bits per heavy atom. The van der Waals surface area contributed by atoms with E-state index in [2.05, 4.69) is 10.1 Å². The Morgan fingerprint density at radius 3 is 3.00 bits per heavy atom. The largest absolute Gasteiger partial charge is 0.331 e. The van der Waals surface area contributed by atoms with E-state index in [1.165, 1.54) is 12.1 Å². The van der Waals surface area contributed by atoms with E-state index < -0.39 is 0 Å². The van der Waals surface area contributed by atoms with Crippen LogP contribution in [-0.4, -0.2) is 19.3 Å². The van der Waals surface area contributed by atoms with Crippen molar-refractivity contribution in [2.24, 2.45) is 7.05 Å². The monoisotopic (exact) mass is 262 g/mol. The number of H-pyrrole nitrogens is 1. The van der Waals surface area contributed by atoms with E-state index >= 15 is 0 Å². The van der Waals surface area contributed by atoms with Crippen molar-refractivity contribution in [2.75, 3.05) is 0 Å². The second kappa shape index (κ2) is 4.06. The lowest BCUT2D eigenvalue weighted by Crippen LogP contribution is -1.98. The lowest BCUT2D eigenvalue weighted by Gasteiger charge is -2.02. The van der Waals surface area contributed by atoms with Gasteiger partial charge in [0.25, 0.3) is 0 Å². The fourth-order valence-corrected chi connectivity index (χ4v) is 2.29. The molecule has 1 aromatic carbocycles. The summed E-state index contributed by atoms with van der Waals surface area (Å²) >= 11 is 5.26. The van der Waals surface area contributed by atoms with Crippen molar-refractivity contribution in [1.82, 2.24) is 19.3 Å². The molecule has 1 N–H and O–H groups in total. The first-order valence-electron chi connectivity index (χ1n) is 5.49. The van der Waals surface area contributed by atoms with Gasteiger partial charge >= 0.3 is 0 Å². The molecule has 0 aliphatic carbocycles. The molecular formula is C12H11FN4S. The van der Waals surface area contributed by atoms with Crippen LogP contribution in [0.25, 0.3) is 11.0 Å². The number of halogens is 1. The molecule has 0 amide bonds. The van der Waals surface area contributed by atoms with Crippen LogP contribution in [0.4, 0.5) is 4.39 Å². The molecule has 4 nitrogen and oxygen atoms in total. The highest BCUT2D eigenvalue weighted by Gasteiger charge is 2.07. The Balaban J connectivity index is 2.13. The lowest BCUT2D eigenvalue weighted by molar-refractivity contribution is 0.628. The van der Waals surface area contributed by atoms with E-state index in [0.717, 1.165) is 16.6 Å². The van der Waals surface area contributed by atoms with Gasteiger partial charge in [-0.25, -0.2) is 4.39 Å². The van der Waals surface area contributed by atoms with Crippen LogP contribution in [0, 0.1) is 10.6 Å². The van der Waals surface area contributed by atoms with Crippen molar-refractivity contribution < 1.29 is 4.39 Å². The second-order valence-electron chi connectivity index (χ2n) is 4.20. The highest BCUT2D eigenvalue weighted by molar-refractivity contribution is 7.71. The molecule has 0 bridgehead atoms. The van der Waals surface area contributed by atoms with Crippen LogP contribution in [0.5, 0.6) is 0 Å². The molecule has 0 spiro atoms. The highest BCUT2D eigenvalue weighted by atomic mass is 32.1. The topological polar surface area (TPSA) is 38.5 Å². The average molecular weight is 262 g/mol. The number of rotatable bonds is 2. The third-order valence-corrected chi connectivity index (χ3v) is 3.16. The molecular weight excluding hydrogens is 251 g/mol. The molecule has 0 radical (unpaired) electrons. The van der Waals surface area contributed by atoms with Gasteiger partial charge in [-0.05, 0) is 30.4 Å². The summed E-state index contributed by atoms with van der Waals surface area (Å²) in [5.74, 6) is -0.267. The summed E-state index contributed by atoms with van der Waals surface area (Å²) in [5, 5.41) is 4.11. The summed E-state index contributed by atoms with van der Waals surface area (Å²) in [5.41, 5.74) is 2.63. The third-order valence-electron chi connectivity index (χ3n) is 2.84. The molecule has 2 aromatic heterocycles. The predicted octanol–water partition coefficient (Wildman–Crippen LogP) is 2.62. The summed E-state index contributed by atoms with van der Waals surface area (Å²) in [6.45, 7) is 0.579. The van der Waals surface area contributed by atoms with Gasteiger partial charge in [-0.1, -0.05) is 0 Å². The maximum absolute atomic E-state index is 13.3. The number of nitrogens with one attached hydrogen (secondary N) is 1. The molecule has 0 aliphatic heterocycles. The zero-order valence-electron chi connectivity index (χ0n) is 9.72. The first-order chi connectivity index (χ1) is 8.63. The van der Waals surface area contributed by atoms with Crippen LogP contribution in [-0.2, 0) is 13.6 Å². The van der Waals surface area contributed by atoms with Crippen LogP contribution in [0.1, 0.15) is 5.56 Å². The SMILES string of the molecule is Cn1cc(Cn2c(=S)[nH]c3ccc(F)cc32)cn1. The predicted molar refractivity (Wildman–Crippen MR) is 69.4 cm³/mol. The molecule has 0 aliphatic rings. The van der Waals surface area contributed by atoms with Crippen LogP contribution < -0.4 is 0 Å². The van der Waals surface area contributed by atoms with Crippen molar-refractivity contribution in [2.45, 2.75) is 6.54 Å². The Labute approximate surface area is 108 Å². The van der Waals surface area contributed by atoms with E-state index in [-0.39, 0.29) is 5.82 Å². The first-order valence-corrected chi connectivity index (χ1v) is 5.90. The molecule has 0 unspecified atom stereocenters. The zero-order chi connectivity index (χ0) is 12.7. The second-order valence-corrected chi connectivity index (χ2v) is 4.59. The van der Waals surface area contributed by atoms with Gasteiger partial charge in [0.05, 0.1) is 23.8 Å². The van der Waals surface area contributed by atoms with Crippen molar-refractivity contribution in [3.8, 4) is 0 Å². The molecule has 6 heteroatoms. The summed E-state index contributed by atoms with van der Waals surface area (Å²) < 4.78 is 17.5.